The third kappa shape index (κ3) is 6.09. The minimum Gasteiger partial charge on any atom is -0.381 e. The lowest BCUT2D eigenvalue weighted by molar-refractivity contribution is -0.137. The fourth-order valence-corrected chi connectivity index (χ4v) is 5.04. The minimum absolute atomic E-state index is 0.00111. The van der Waals surface area contributed by atoms with Gasteiger partial charge in [-0.05, 0) is 43.5 Å². The molecule has 1 aromatic rings. The van der Waals surface area contributed by atoms with Gasteiger partial charge in [-0.2, -0.15) is 13.2 Å². The molecule has 0 saturated carbocycles. The van der Waals surface area contributed by atoms with E-state index in [-0.39, 0.29) is 29.3 Å². The average molecular weight is 484 g/mol. The summed E-state index contributed by atoms with van der Waals surface area (Å²) < 4.78 is 49.3. The number of morpholine rings is 1. The van der Waals surface area contributed by atoms with Gasteiger partial charge in [0.1, 0.15) is 0 Å². The highest BCUT2D eigenvalue weighted by atomic mass is 19.4. The molecule has 3 heterocycles. The van der Waals surface area contributed by atoms with Gasteiger partial charge in [-0.1, -0.05) is 0 Å². The Morgan fingerprint density at radius 2 is 1.65 bits per heavy atom. The van der Waals surface area contributed by atoms with Crippen LogP contribution in [0.3, 0.4) is 0 Å². The molecule has 34 heavy (non-hydrogen) atoms. The summed E-state index contributed by atoms with van der Waals surface area (Å²) in [6.07, 6.45) is -2.37. The highest BCUT2D eigenvalue weighted by Gasteiger charge is 2.34. The van der Waals surface area contributed by atoms with E-state index in [0.29, 0.717) is 58.2 Å². The first kappa shape index (κ1) is 24.9. The van der Waals surface area contributed by atoms with Crippen molar-refractivity contribution >= 4 is 11.8 Å². The Morgan fingerprint density at radius 3 is 2.24 bits per heavy atom. The number of nitrogens with zero attached hydrogens (tertiary/aromatic N) is 2. The number of benzene rings is 1. The van der Waals surface area contributed by atoms with Crippen LogP contribution in [0.1, 0.15) is 35.2 Å². The molecule has 1 aromatic carbocycles. The van der Waals surface area contributed by atoms with E-state index in [2.05, 4.69) is 10.2 Å². The van der Waals surface area contributed by atoms with Crippen molar-refractivity contribution < 1.29 is 32.2 Å². The molecule has 3 aliphatic heterocycles. The Labute approximate surface area is 197 Å². The van der Waals surface area contributed by atoms with Crippen LogP contribution < -0.4 is 5.32 Å². The zero-order valence-electron chi connectivity index (χ0n) is 19.2. The van der Waals surface area contributed by atoms with Gasteiger partial charge >= 0.3 is 6.18 Å². The predicted molar refractivity (Wildman–Crippen MR) is 118 cm³/mol. The molecule has 2 atom stereocenters. The summed E-state index contributed by atoms with van der Waals surface area (Å²) in [7, 11) is 0. The molecule has 188 valence electrons. The first-order chi connectivity index (χ1) is 16.3. The van der Waals surface area contributed by atoms with Crippen molar-refractivity contribution in [3.8, 4) is 0 Å². The molecule has 2 amide bonds. The minimum atomic E-state index is -4.43. The van der Waals surface area contributed by atoms with E-state index >= 15 is 0 Å². The lowest BCUT2D eigenvalue weighted by atomic mass is 9.94. The smallest absolute Gasteiger partial charge is 0.381 e. The molecule has 3 fully saturated rings. The monoisotopic (exact) mass is 483 g/mol. The van der Waals surface area contributed by atoms with Crippen LogP contribution >= 0.6 is 0 Å². The van der Waals surface area contributed by atoms with Gasteiger partial charge in [-0.15, -0.1) is 0 Å². The van der Waals surface area contributed by atoms with Crippen molar-refractivity contribution in [2.24, 2.45) is 11.8 Å². The van der Waals surface area contributed by atoms with Crippen LogP contribution in [-0.4, -0.2) is 86.8 Å². The van der Waals surface area contributed by atoms with Crippen LogP contribution in [0.5, 0.6) is 0 Å². The van der Waals surface area contributed by atoms with Crippen LogP contribution in [0, 0.1) is 11.8 Å². The molecular weight excluding hydrogens is 451 g/mol. The Bertz CT molecular complexity index is 829. The fourth-order valence-electron chi connectivity index (χ4n) is 5.04. The van der Waals surface area contributed by atoms with Gasteiger partial charge < -0.3 is 19.7 Å². The first-order valence-corrected chi connectivity index (χ1v) is 12.0. The summed E-state index contributed by atoms with van der Waals surface area (Å²) in [4.78, 5) is 29.6. The normalized spacial score (nSPS) is 23.6. The average Bonchev–Trinajstić information content (AvgIpc) is 3.38. The molecule has 3 saturated heterocycles. The lowest BCUT2D eigenvalue weighted by Gasteiger charge is -2.38. The molecule has 3 aliphatic rings. The third-order valence-electron chi connectivity index (χ3n) is 7.12. The van der Waals surface area contributed by atoms with Gasteiger partial charge in [0.25, 0.3) is 5.91 Å². The number of carbonyl (C=O) groups is 2. The highest BCUT2D eigenvalue weighted by molar-refractivity contribution is 5.94. The second kappa shape index (κ2) is 11.0. The largest absolute Gasteiger partial charge is 0.416 e. The van der Waals surface area contributed by atoms with Crippen molar-refractivity contribution in [1.29, 1.82) is 0 Å². The van der Waals surface area contributed by atoms with Crippen LogP contribution in [0.2, 0.25) is 0 Å². The van der Waals surface area contributed by atoms with Crippen molar-refractivity contribution in [1.82, 2.24) is 15.1 Å². The molecule has 0 spiro atoms. The van der Waals surface area contributed by atoms with Gasteiger partial charge in [0.05, 0.1) is 25.4 Å². The van der Waals surface area contributed by atoms with E-state index in [4.69, 9.17) is 9.47 Å². The van der Waals surface area contributed by atoms with Crippen molar-refractivity contribution in [2.75, 3.05) is 59.2 Å². The molecule has 0 aliphatic carbocycles. The number of piperidine rings is 1. The van der Waals surface area contributed by atoms with Crippen molar-refractivity contribution in [2.45, 2.75) is 31.5 Å². The van der Waals surface area contributed by atoms with E-state index in [9.17, 15) is 22.8 Å². The zero-order valence-corrected chi connectivity index (χ0v) is 19.2. The van der Waals surface area contributed by atoms with Gasteiger partial charge in [-0.25, -0.2) is 0 Å². The Kier molecular flexibility index (Phi) is 8.10. The number of rotatable bonds is 6. The SMILES string of the molecule is O=C(NCC(C1CCOC1)N1CCOCC1)C1CCN(C(=O)c2ccc(C(F)(F)F)cc2)CC1. The predicted octanol–water partition coefficient (Wildman–Crippen LogP) is 2.41. The Balaban J connectivity index is 1.27. The van der Waals surface area contributed by atoms with Crippen LogP contribution in [0.4, 0.5) is 13.2 Å². The molecule has 10 heteroatoms. The lowest BCUT2D eigenvalue weighted by Crippen LogP contribution is -2.53. The molecule has 7 nitrogen and oxygen atoms in total. The molecule has 2 unspecified atom stereocenters. The summed E-state index contributed by atoms with van der Waals surface area (Å²) >= 11 is 0. The fraction of sp³-hybridized carbons (Fsp3) is 0.667. The van der Waals surface area contributed by atoms with Crippen molar-refractivity contribution in [3.05, 3.63) is 35.4 Å². The third-order valence-corrected chi connectivity index (χ3v) is 7.12. The van der Waals surface area contributed by atoms with Gasteiger partial charge in [0.15, 0.2) is 0 Å². The van der Waals surface area contributed by atoms with E-state index in [1.165, 1.54) is 12.1 Å². The van der Waals surface area contributed by atoms with Gasteiger partial charge in [0, 0.05) is 62.8 Å². The number of ether oxygens (including phenoxy) is 2. The van der Waals surface area contributed by atoms with Crippen LogP contribution in [-0.2, 0) is 20.4 Å². The number of hydrogen-bond acceptors (Lipinski definition) is 5. The number of hydrogen-bond donors (Lipinski definition) is 1. The summed E-state index contributed by atoms with van der Waals surface area (Å²) in [5.41, 5.74) is -0.554. The van der Waals surface area contributed by atoms with E-state index in [1.54, 1.807) is 4.90 Å². The molecule has 0 bridgehead atoms. The molecular formula is C24H32F3N3O4. The van der Waals surface area contributed by atoms with Crippen molar-refractivity contribution in [3.63, 3.8) is 0 Å². The highest BCUT2D eigenvalue weighted by Crippen LogP contribution is 2.29. The Hall–Kier alpha value is -2.17. The topological polar surface area (TPSA) is 71.1 Å². The number of amides is 2. The summed E-state index contributed by atoms with van der Waals surface area (Å²) in [5, 5.41) is 3.14. The molecule has 1 N–H and O–H groups in total. The molecule has 0 aromatic heterocycles. The van der Waals surface area contributed by atoms with E-state index < -0.39 is 11.7 Å². The quantitative estimate of drug-likeness (QED) is 0.673. The molecule has 0 radical (unpaired) electrons. The maximum absolute atomic E-state index is 12.9. The summed E-state index contributed by atoms with van der Waals surface area (Å²) in [6, 6.07) is 4.49. The zero-order chi connectivity index (χ0) is 24.1. The maximum Gasteiger partial charge on any atom is 0.416 e. The van der Waals surface area contributed by atoms with Gasteiger partial charge in [-0.3, -0.25) is 14.5 Å². The summed E-state index contributed by atoms with van der Waals surface area (Å²) in [5.74, 6) is -0.0940. The first-order valence-electron chi connectivity index (χ1n) is 12.0. The summed E-state index contributed by atoms with van der Waals surface area (Å²) in [6.45, 7) is 5.93. The van der Waals surface area contributed by atoms with Crippen LogP contribution in [0.25, 0.3) is 0 Å². The Morgan fingerprint density at radius 1 is 0.971 bits per heavy atom. The van der Waals surface area contributed by atoms with Gasteiger partial charge in [0.2, 0.25) is 5.91 Å². The second-order valence-corrected chi connectivity index (χ2v) is 9.23. The maximum atomic E-state index is 12.9. The molecule has 4 rings (SSSR count). The van der Waals surface area contributed by atoms with Crippen LogP contribution in [0.15, 0.2) is 24.3 Å². The number of likely N-dealkylation sites (tertiary alicyclic amines) is 1. The second-order valence-electron chi connectivity index (χ2n) is 9.23. The van der Waals surface area contributed by atoms with E-state index in [1.807, 2.05) is 0 Å². The number of nitrogens with one attached hydrogen (secondary N) is 1. The number of halogens is 3. The number of alkyl halides is 3. The number of carbonyl (C=O) groups excluding carboxylic acids is 2. The van der Waals surface area contributed by atoms with E-state index in [0.717, 1.165) is 38.2 Å². The standard InChI is InChI=1S/C24H32F3N3O4/c25-24(26,27)20-3-1-18(2-4-20)23(32)30-8-5-17(6-9-30)22(31)28-15-21(19-7-12-34-16-19)29-10-13-33-14-11-29/h1-4,17,19,21H,5-16H2,(H,28,31).